The van der Waals surface area contributed by atoms with Crippen molar-refractivity contribution in [3.8, 4) is 0 Å². The lowest BCUT2D eigenvalue weighted by molar-refractivity contribution is 0.0802. The van der Waals surface area contributed by atoms with Gasteiger partial charge in [0, 0.05) is 17.9 Å². The first kappa shape index (κ1) is 10.5. The average Bonchev–Trinajstić information content (AvgIpc) is 2.74. The van der Waals surface area contributed by atoms with Crippen LogP contribution in [0.1, 0.15) is 15.9 Å². The topological polar surface area (TPSA) is 20.3 Å². The quantitative estimate of drug-likeness (QED) is 0.731. The van der Waals surface area contributed by atoms with Crippen LogP contribution < -0.4 is 0 Å². The highest BCUT2D eigenvalue weighted by Gasteiger charge is 2.20. The maximum absolute atomic E-state index is 13.3. The van der Waals surface area contributed by atoms with Crippen molar-refractivity contribution < 1.29 is 9.18 Å². The summed E-state index contributed by atoms with van der Waals surface area (Å²) in [5.41, 5.74) is 1.02. The number of hydrogen-bond acceptors (Lipinski definition) is 2. The first-order valence-electron chi connectivity index (χ1n) is 4.81. The molecule has 1 heterocycles. The third-order valence-corrected chi connectivity index (χ3v) is 3.42. The number of nitrogens with zero attached hydrogens (tertiary/aromatic N) is 1. The van der Waals surface area contributed by atoms with Gasteiger partial charge in [-0.2, -0.15) is 0 Å². The minimum Gasteiger partial charge on any atom is -0.329 e. The lowest BCUT2D eigenvalue weighted by Crippen LogP contribution is -2.27. The molecule has 1 saturated heterocycles. The van der Waals surface area contributed by atoms with Gasteiger partial charge in [0.15, 0.2) is 0 Å². The molecule has 0 aliphatic carbocycles. The molecule has 0 N–H and O–H groups in total. The highest BCUT2D eigenvalue weighted by atomic mass is 32.2. The molecule has 1 amide bonds. The summed E-state index contributed by atoms with van der Waals surface area (Å²) in [5, 5.41) is 0. The number of rotatable bonds is 1. The van der Waals surface area contributed by atoms with Crippen molar-refractivity contribution in [2.45, 2.75) is 6.92 Å². The molecule has 80 valence electrons. The van der Waals surface area contributed by atoms with Crippen molar-refractivity contribution in [3.63, 3.8) is 0 Å². The Morgan fingerprint density at radius 3 is 2.93 bits per heavy atom. The lowest BCUT2D eigenvalue weighted by atomic mass is 10.1. The molecule has 1 aliphatic heterocycles. The molecule has 0 radical (unpaired) electrons. The Morgan fingerprint density at radius 1 is 1.53 bits per heavy atom. The van der Waals surface area contributed by atoms with Crippen LogP contribution >= 0.6 is 11.8 Å². The van der Waals surface area contributed by atoms with E-state index in [-0.39, 0.29) is 11.7 Å². The van der Waals surface area contributed by atoms with Gasteiger partial charge in [-0.3, -0.25) is 4.79 Å². The third kappa shape index (κ3) is 2.15. The molecule has 1 aromatic carbocycles. The zero-order valence-corrected chi connectivity index (χ0v) is 9.31. The highest BCUT2D eigenvalue weighted by molar-refractivity contribution is 7.99. The Morgan fingerprint density at radius 2 is 2.33 bits per heavy atom. The van der Waals surface area contributed by atoms with Crippen LogP contribution in [0.25, 0.3) is 0 Å². The number of benzene rings is 1. The van der Waals surface area contributed by atoms with Crippen LogP contribution in [0.15, 0.2) is 18.2 Å². The Labute approximate surface area is 92.5 Å². The molecule has 0 unspecified atom stereocenters. The second-order valence-electron chi connectivity index (χ2n) is 3.57. The molecule has 2 rings (SSSR count). The van der Waals surface area contributed by atoms with Crippen molar-refractivity contribution in [2.24, 2.45) is 0 Å². The van der Waals surface area contributed by atoms with E-state index < -0.39 is 0 Å². The molecule has 0 atom stereocenters. The molecule has 2 nitrogen and oxygen atoms in total. The fraction of sp³-hybridized carbons (Fsp3) is 0.364. The standard InChI is InChI=1S/C11H12FNOS/c1-8-2-3-9(6-10(8)12)11(14)13-4-5-15-7-13/h2-3,6H,4-5,7H2,1H3. The summed E-state index contributed by atoms with van der Waals surface area (Å²) in [6.07, 6.45) is 0. The highest BCUT2D eigenvalue weighted by Crippen LogP contribution is 2.18. The summed E-state index contributed by atoms with van der Waals surface area (Å²) in [4.78, 5) is 13.6. The molecule has 0 saturated carbocycles. The van der Waals surface area contributed by atoms with Gasteiger partial charge in [-0.1, -0.05) is 6.07 Å². The van der Waals surface area contributed by atoms with Gasteiger partial charge >= 0.3 is 0 Å². The molecule has 1 fully saturated rings. The van der Waals surface area contributed by atoms with Crippen LogP contribution in [-0.2, 0) is 0 Å². The number of halogens is 1. The van der Waals surface area contributed by atoms with Gasteiger partial charge in [-0.05, 0) is 24.6 Å². The fourth-order valence-corrected chi connectivity index (χ4v) is 2.43. The van der Waals surface area contributed by atoms with E-state index in [4.69, 9.17) is 0 Å². The predicted molar refractivity (Wildman–Crippen MR) is 59.5 cm³/mol. The molecule has 4 heteroatoms. The van der Waals surface area contributed by atoms with Gasteiger partial charge in [0.25, 0.3) is 5.91 Å². The Hall–Kier alpha value is -1.03. The molecule has 1 aromatic rings. The molecule has 0 aromatic heterocycles. The van der Waals surface area contributed by atoms with E-state index in [1.54, 1.807) is 35.7 Å². The van der Waals surface area contributed by atoms with Gasteiger partial charge in [0.2, 0.25) is 0 Å². The first-order valence-corrected chi connectivity index (χ1v) is 5.97. The second kappa shape index (κ2) is 4.23. The summed E-state index contributed by atoms with van der Waals surface area (Å²) < 4.78 is 13.3. The van der Waals surface area contributed by atoms with E-state index in [0.717, 1.165) is 12.3 Å². The van der Waals surface area contributed by atoms with Crippen LogP contribution in [0.3, 0.4) is 0 Å². The summed E-state index contributed by atoms with van der Waals surface area (Å²) in [6.45, 7) is 2.45. The normalized spacial score (nSPS) is 15.7. The zero-order valence-electron chi connectivity index (χ0n) is 8.50. The Bertz CT molecular complexity index is 388. The fourth-order valence-electron chi connectivity index (χ4n) is 1.48. The van der Waals surface area contributed by atoms with E-state index in [9.17, 15) is 9.18 Å². The van der Waals surface area contributed by atoms with Crippen LogP contribution in [0.5, 0.6) is 0 Å². The molecular formula is C11H12FNOS. The third-order valence-electron chi connectivity index (χ3n) is 2.46. The van der Waals surface area contributed by atoms with Gasteiger partial charge in [0.1, 0.15) is 5.82 Å². The zero-order chi connectivity index (χ0) is 10.8. The Kier molecular flexibility index (Phi) is 2.95. The lowest BCUT2D eigenvalue weighted by Gasteiger charge is -2.14. The number of amides is 1. The van der Waals surface area contributed by atoms with Crippen molar-refractivity contribution in [1.82, 2.24) is 4.90 Å². The van der Waals surface area contributed by atoms with Gasteiger partial charge in [-0.25, -0.2) is 4.39 Å². The largest absolute Gasteiger partial charge is 0.329 e. The van der Waals surface area contributed by atoms with Gasteiger partial charge < -0.3 is 4.90 Å². The Balaban J connectivity index is 2.21. The SMILES string of the molecule is Cc1ccc(C(=O)N2CCSC2)cc1F. The number of thioether (sulfide) groups is 1. The molecule has 0 spiro atoms. The molecule has 15 heavy (non-hydrogen) atoms. The second-order valence-corrected chi connectivity index (χ2v) is 4.64. The predicted octanol–water partition coefficient (Wildman–Crippen LogP) is 2.28. The van der Waals surface area contributed by atoms with E-state index in [2.05, 4.69) is 0 Å². The molecule has 0 bridgehead atoms. The smallest absolute Gasteiger partial charge is 0.254 e. The molecule has 1 aliphatic rings. The van der Waals surface area contributed by atoms with E-state index in [1.165, 1.54) is 6.07 Å². The van der Waals surface area contributed by atoms with Crippen molar-refractivity contribution >= 4 is 17.7 Å². The minimum atomic E-state index is -0.312. The van der Waals surface area contributed by atoms with E-state index in [1.807, 2.05) is 0 Å². The average molecular weight is 225 g/mol. The molecular weight excluding hydrogens is 213 g/mol. The summed E-state index contributed by atoms with van der Waals surface area (Å²) in [6, 6.07) is 4.65. The minimum absolute atomic E-state index is 0.0705. The summed E-state index contributed by atoms with van der Waals surface area (Å²) in [7, 11) is 0. The summed E-state index contributed by atoms with van der Waals surface area (Å²) >= 11 is 1.72. The van der Waals surface area contributed by atoms with Crippen molar-refractivity contribution in [2.75, 3.05) is 18.2 Å². The maximum Gasteiger partial charge on any atom is 0.254 e. The number of carbonyl (C=O) groups excluding carboxylic acids is 1. The van der Waals surface area contributed by atoms with Crippen LogP contribution in [0.2, 0.25) is 0 Å². The van der Waals surface area contributed by atoms with Crippen molar-refractivity contribution in [1.29, 1.82) is 0 Å². The first-order chi connectivity index (χ1) is 7.18. The van der Waals surface area contributed by atoms with Crippen molar-refractivity contribution in [3.05, 3.63) is 35.1 Å². The number of hydrogen-bond donors (Lipinski definition) is 0. The van der Waals surface area contributed by atoms with Gasteiger partial charge in [0.05, 0.1) is 5.88 Å². The summed E-state index contributed by atoms with van der Waals surface area (Å²) in [5.74, 6) is 1.31. The van der Waals surface area contributed by atoms with Gasteiger partial charge in [-0.15, -0.1) is 11.8 Å². The number of carbonyl (C=O) groups is 1. The number of aryl methyl sites for hydroxylation is 1. The van der Waals surface area contributed by atoms with Crippen LogP contribution in [0, 0.1) is 12.7 Å². The van der Waals surface area contributed by atoms with Crippen LogP contribution in [-0.4, -0.2) is 29.0 Å². The van der Waals surface area contributed by atoms with E-state index in [0.29, 0.717) is 17.0 Å². The van der Waals surface area contributed by atoms with E-state index >= 15 is 0 Å². The maximum atomic E-state index is 13.3. The van der Waals surface area contributed by atoms with Crippen LogP contribution in [0.4, 0.5) is 4.39 Å². The monoisotopic (exact) mass is 225 g/mol.